The quantitative estimate of drug-likeness (QED) is 0.0809. The molecule has 18 nitrogen and oxygen atoms in total. The predicted molar refractivity (Wildman–Crippen MR) is 228 cm³/mol. The van der Waals surface area contributed by atoms with Crippen LogP contribution in [-0.2, 0) is 42.1 Å². The maximum atomic E-state index is 12.4. The van der Waals surface area contributed by atoms with E-state index >= 15 is 0 Å². The molecule has 4 saturated carbocycles. The monoisotopic (exact) mass is 946 g/mol. The van der Waals surface area contributed by atoms with Crippen molar-refractivity contribution in [1.82, 2.24) is 0 Å². The van der Waals surface area contributed by atoms with E-state index in [1.54, 1.807) is 0 Å². The van der Waals surface area contributed by atoms with Crippen LogP contribution in [0.2, 0.25) is 0 Å². The zero-order chi connectivity index (χ0) is 46.8. The second-order valence-corrected chi connectivity index (χ2v) is 23.0. The molecule has 5 heterocycles. The summed E-state index contributed by atoms with van der Waals surface area (Å²) >= 11 is 0.0317. The van der Waals surface area contributed by atoms with Crippen LogP contribution in [0.5, 0.6) is 0 Å². The highest BCUT2D eigenvalue weighted by Gasteiger charge is 2.81. The van der Waals surface area contributed by atoms with E-state index in [0.29, 0.717) is 25.6 Å². The lowest BCUT2D eigenvalue weighted by Gasteiger charge is -2.70. The molecule has 372 valence electrons. The van der Waals surface area contributed by atoms with Gasteiger partial charge in [0, 0.05) is 23.7 Å². The van der Waals surface area contributed by atoms with Crippen molar-refractivity contribution in [2.24, 2.45) is 51.2 Å². The van der Waals surface area contributed by atoms with Crippen molar-refractivity contribution < 1.29 is 87.5 Å². The van der Waals surface area contributed by atoms with Gasteiger partial charge in [-0.1, -0.05) is 39.3 Å². The molecule has 5 saturated heterocycles. The van der Waals surface area contributed by atoms with Gasteiger partial charge in [0.05, 0.1) is 44.7 Å². The number of allylic oxidation sites excluding steroid dienone is 1. The molecular weight excluding hydrogens is 873 g/mol. The van der Waals surface area contributed by atoms with E-state index < -0.39 is 116 Å². The van der Waals surface area contributed by atoms with E-state index in [2.05, 4.69) is 47.6 Å². The SMILES string of the molecule is CC(C)=C[C@H]1CO[C@]23C[C@]4(CO2)C(CCC2[C@@]5(C)CC[C@H](O[C@@H]6OC[C@H](O)[C@@H](O[C@@H]7OC(COSO)[C@@H](O)[C@@H](O)C7O)C6O[C@@H]6O[C@@H](CO)[C@@H](O)C6O)C(C)(C)C5CC[C@]24C)C3[C@]1(C)O. The number of hydrogen-bond donors (Lipinski definition) is 9. The van der Waals surface area contributed by atoms with Gasteiger partial charge in [-0.25, -0.2) is 0 Å². The second kappa shape index (κ2) is 17.6. The Labute approximate surface area is 385 Å². The minimum Gasteiger partial charge on any atom is -0.394 e. The molecule has 9 aliphatic rings. The third-order valence-corrected chi connectivity index (χ3v) is 19.0. The van der Waals surface area contributed by atoms with Crippen LogP contribution < -0.4 is 0 Å². The van der Waals surface area contributed by atoms with Gasteiger partial charge in [-0.05, 0) is 93.3 Å². The number of aliphatic hydroxyl groups excluding tert-OH is 7. The summed E-state index contributed by atoms with van der Waals surface area (Å²) in [4.78, 5) is 0. The first-order valence-electron chi connectivity index (χ1n) is 23.8. The number of fused-ring (bicyclic) bond motifs is 4. The Hall–Kier alpha value is -0.630. The van der Waals surface area contributed by atoms with E-state index in [9.17, 15) is 40.9 Å². The van der Waals surface area contributed by atoms with Crippen LogP contribution >= 0.6 is 12.3 Å². The van der Waals surface area contributed by atoms with Crippen LogP contribution in [0.25, 0.3) is 0 Å². The van der Waals surface area contributed by atoms with Crippen molar-refractivity contribution in [3.63, 3.8) is 0 Å². The molecule has 4 aliphatic carbocycles. The van der Waals surface area contributed by atoms with Gasteiger partial charge in [-0.15, -0.1) is 0 Å². The van der Waals surface area contributed by atoms with E-state index in [4.69, 9.17) is 46.6 Å². The van der Waals surface area contributed by atoms with Crippen LogP contribution in [0.3, 0.4) is 0 Å². The molecule has 9 N–H and O–H groups in total. The third kappa shape index (κ3) is 7.59. The molecule has 0 aromatic rings. The minimum absolute atomic E-state index is 0.0317. The lowest BCUT2D eigenvalue weighted by atomic mass is 9.35. The fraction of sp³-hybridized carbons (Fsp3) is 0.957. The Kier molecular flexibility index (Phi) is 13.4. The van der Waals surface area contributed by atoms with Crippen LogP contribution in [-0.4, -0.2) is 176 Å². The van der Waals surface area contributed by atoms with Crippen molar-refractivity contribution in [3.8, 4) is 0 Å². The fourth-order valence-electron chi connectivity index (χ4n) is 15.6. The minimum atomic E-state index is -1.80. The highest BCUT2D eigenvalue weighted by atomic mass is 32.2. The second-order valence-electron chi connectivity index (χ2n) is 22.6. The Morgan fingerprint density at radius 2 is 1.42 bits per heavy atom. The van der Waals surface area contributed by atoms with Crippen molar-refractivity contribution >= 4 is 12.3 Å². The smallest absolute Gasteiger partial charge is 0.187 e. The summed E-state index contributed by atoms with van der Waals surface area (Å²) in [5.41, 5.74) is -0.526. The normalized spacial score (nSPS) is 55.8. The molecule has 0 aromatic heterocycles. The number of hydrogen-bond acceptors (Lipinski definition) is 19. The molecule has 19 heteroatoms. The van der Waals surface area contributed by atoms with Crippen LogP contribution in [0.15, 0.2) is 11.6 Å². The lowest BCUT2D eigenvalue weighted by molar-refractivity contribution is -0.375. The first kappa shape index (κ1) is 49.4. The number of ether oxygens (including phenoxy) is 8. The zero-order valence-corrected chi connectivity index (χ0v) is 39.5. The number of aliphatic hydroxyl groups is 8. The van der Waals surface area contributed by atoms with Gasteiger partial charge in [-0.2, -0.15) is 0 Å². The summed E-state index contributed by atoms with van der Waals surface area (Å²) in [6.07, 6.45) is -11.4. The van der Waals surface area contributed by atoms with Crippen molar-refractivity contribution in [2.45, 2.75) is 191 Å². The van der Waals surface area contributed by atoms with E-state index in [1.807, 2.05) is 6.92 Å². The summed E-state index contributed by atoms with van der Waals surface area (Å²) in [7, 11) is 0. The van der Waals surface area contributed by atoms with Gasteiger partial charge in [0.2, 0.25) is 0 Å². The summed E-state index contributed by atoms with van der Waals surface area (Å²) < 4.78 is 64.9. The average molecular weight is 947 g/mol. The molecule has 9 fully saturated rings. The molecular formula is C46H74O18S. The molecule has 24 atom stereocenters. The summed E-state index contributed by atoms with van der Waals surface area (Å²) in [6, 6.07) is 0. The largest absolute Gasteiger partial charge is 0.394 e. The third-order valence-electron chi connectivity index (χ3n) is 18.8. The molecule has 0 amide bonds. The Bertz CT molecular complexity index is 1750. The molecule has 8 unspecified atom stereocenters. The molecule has 0 radical (unpaired) electrons. The molecule has 2 bridgehead atoms. The molecule has 65 heavy (non-hydrogen) atoms. The van der Waals surface area contributed by atoms with Gasteiger partial charge in [-0.3, -0.25) is 4.18 Å². The first-order chi connectivity index (χ1) is 30.6. The maximum absolute atomic E-state index is 12.4. The van der Waals surface area contributed by atoms with Crippen LogP contribution in [0.1, 0.15) is 93.4 Å². The zero-order valence-electron chi connectivity index (χ0n) is 38.6. The van der Waals surface area contributed by atoms with E-state index in [0.717, 1.165) is 44.1 Å². The standard InChI is InChI=1S/C46H74O18S/c1-21(2)14-22-16-57-46-19-45(20-58-46)23(37(46)44(22,7)54)8-9-28-42(5)12-11-29(41(3,4)27(42)10-13-43(28,45)6)62-40-36(64-38-33(52)30(49)25(15-47)60-38)35(24(48)17-56-40)63-39-34(53)32(51)31(50)26(61-39)18-59-65-55/h14,22-40,47-55H,8-13,15-20H2,1-7H3/t22-,23?,24-,25-,26?,27?,28?,29-,30+,31+,32+,33?,34?,35+,36?,37?,38-,39-,40-,42-,43+,44+,45-,46+/m0/s1. The molecule has 2 spiro atoms. The van der Waals surface area contributed by atoms with Gasteiger partial charge in [0.15, 0.2) is 37.0 Å². The van der Waals surface area contributed by atoms with Crippen molar-refractivity contribution in [1.29, 1.82) is 0 Å². The van der Waals surface area contributed by atoms with E-state index in [1.165, 1.54) is 0 Å². The highest BCUT2D eigenvalue weighted by Crippen LogP contribution is 2.80. The number of rotatable bonds is 11. The van der Waals surface area contributed by atoms with Gasteiger partial charge in [0.1, 0.15) is 61.0 Å². The van der Waals surface area contributed by atoms with Crippen LogP contribution in [0, 0.1) is 51.2 Å². The van der Waals surface area contributed by atoms with Crippen molar-refractivity contribution in [3.05, 3.63) is 11.6 Å². The van der Waals surface area contributed by atoms with Gasteiger partial charge < -0.3 is 83.3 Å². The van der Waals surface area contributed by atoms with Crippen LogP contribution in [0.4, 0.5) is 0 Å². The molecule has 9 rings (SSSR count). The Morgan fingerprint density at radius 1 is 0.738 bits per heavy atom. The predicted octanol–water partition coefficient (Wildman–Crippen LogP) is 1.61. The van der Waals surface area contributed by atoms with Crippen molar-refractivity contribution in [2.75, 3.05) is 33.0 Å². The summed E-state index contributed by atoms with van der Waals surface area (Å²) in [5.74, 6) is -0.176. The van der Waals surface area contributed by atoms with E-state index in [-0.39, 0.29) is 58.8 Å². The Balaban J connectivity index is 0.966. The average Bonchev–Trinajstić information content (AvgIpc) is 3.88. The molecule has 0 aromatic carbocycles. The Morgan fingerprint density at radius 3 is 2.09 bits per heavy atom. The first-order valence-corrected chi connectivity index (χ1v) is 24.5. The summed E-state index contributed by atoms with van der Waals surface area (Å²) in [5, 5.41) is 87.7. The van der Waals surface area contributed by atoms with Gasteiger partial charge in [0.25, 0.3) is 0 Å². The fourth-order valence-corrected chi connectivity index (χ4v) is 15.8. The topological polar surface area (TPSA) is 265 Å². The lowest BCUT2D eigenvalue weighted by Crippen LogP contribution is -2.68. The highest BCUT2D eigenvalue weighted by molar-refractivity contribution is 7.88. The maximum Gasteiger partial charge on any atom is 0.187 e. The van der Waals surface area contributed by atoms with Gasteiger partial charge >= 0.3 is 0 Å². The molecule has 5 aliphatic heterocycles. The summed E-state index contributed by atoms with van der Waals surface area (Å²) in [6.45, 7) is 15.3.